The summed E-state index contributed by atoms with van der Waals surface area (Å²) in [6.45, 7) is 4.03. The third-order valence-corrected chi connectivity index (χ3v) is 4.32. The minimum atomic E-state index is -0.789. The smallest absolute Gasteiger partial charge is 0.306 e. The average Bonchev–Trinajstić information content (AvgIpc) is 2.35. The first-order chi connectivity index (χ1) is 9.40. The molecule has 108 valence electrons. The van der Waals surface area contributed by atoms with E-state index in [0.29, 0.717) is 12.8 Å². The Bertz CT molecular complexity index is 503. The van der Waals surface area contributed by atoms with Gasteiger partial charge in [-0.05, 0) is 32.3 Å². The standard InChI is InChI=1S/C16H21NO3/c1-10-4-6-12(7-5-10)11(2)17(3)15(18)13-8-14(9-13)16(19)20/h4-7,11,13-14H,8-9H2,1-3H3,(H,19,20). The van der Waals surface area contributed by atoms with Gasteiger partial charge in [-0.1, -0.05) is 29.8 Å². The number of carbonyl (C=O) groups excluding carboxylic acids is 1. The minimum Gasteiger partial charge on any atom is -0.481 e. The van der Waals surface area contributed by atoms with E-state index in [1.807, 2.05) is 38.1 Å². The lowest BCUT2D eigenvalue weighted by Crippen LogP contribution is -2.43. The van der Waals surface area contributed by atoms with Crippen LogP contribution < -0.4 is 0 Å². The molecule has 1 saturated carbocycles. The molecule has 4 heteroatoms. The zero-order valence-electron chi connectivity index (χ0n) is 12.2. The number of amides is 1. The Hall–Kier alpha value is -1.84. The van der Waals surface area contributed by atoms with Crippen LogP contribution >= 0.6 is 0 Å². The molecule has 1 amide bonds. The summed E-state index contributed by atoms with van der Waals surface area (Å²) in [5, 5.41) is 8.86. The molecule has 0 radical (unpaired) electrons. The number of carboxylic acid groups (broad SMARTS) is 1. The van der Waals surface area contributed by atoms with Gasteiger partial charge in [-0.25, -0.2) is 0 Å². The monoisotopic (exact) mass is 275 g/mol. The molecule has 1 aliphatic carbocycles. The van der Waals surface area contributed by atoms with Gasteiger partial charge in [-0.3, -0.25) is 9.59 Å². The van der Waals surface area contributed by atoms with E-state index in [2.05, 4.69) is 0 Å². The number of carbonyl (C=O) groups is 2. The number of aliphatic carboxylic acids is 1. The summed E-state index contributed by atoms with van der Waals surface area (Å²) in [6.07, 6.45) is 0.943. The molecule has 1 fully saturated rings. The summed E-state index contributed by atoms with van der Waals surface area (Å²) < 4.78 is 0. The largest absolute Gasteiger partial charge is 0.481 e. The molecule has 0 spiro atoms. The molecular weight excluding hydrogens is 254 g/mol. The zero-order valence-corrected chi connectivity index (χ0v) is 12.2. The zero-order chi connectivity index (χ0) is 14.9. The van der Waals surface area contributed by atoms with Gasteiger partial charge in [-0.15, -0.1) is 0 Å². The molecule has 4 nitrogen and oxygen atoms in total. The molecular formula is C16H21NO3. The maximum atomic E-state index is 12.3. The van der Waals surface area contributed by atoms with Gasteiger partial charge in [0.15, 0.2) is 0 Å². The molecule has 1 N–H and O–H groups in total. The van der Waals surface area contributed by atoms with E-state index in [-0.39, 0.29) is 23.8 Å². The van der Waals surface area contributed by atoms with E-state index in [0.717, 1.165) is 5.56 Å². The van der Waals surface area contributed by atoms with Crippen molar-refractivity contribution in [3.63, 3.8) is 0 Å². The summed E-state index contributed by atoms with van der Waals surface area (Å²) in [6, 6.07) is 8.14. The Morgan fingerprint density at radius 1 is 1.20 bits per heavy atom. The Morgan fingerprint density at radius 3 is 2.25 bits per heavy atom. The van der Waals surface area contributed by atoms with Crippen LogP contribution in [0.4, 0.5) is 0 Å². The normalized spacial score (nSPS) is 22.8. The van der Waals surface area contributed by atoms with Crippen LogP contribution in [0.25, 0.3) is 0 Å². The summed E-state index contributed by atoms with van der Waals surface area (Å²) in [5.74, 6) is -1.21. The average molecular weight is 275 g/mol. The Labute approximate surface area is 119 Å². The quantitative estimate of drug-likeness (QED) is 0.919. The third kappa shape index (κ3) is 2.84. The van der Waals surface area contributed by atoms with Crippen LogP contribution in [0.3, 0.4) is 0 Å². The predicted molar refractivity (Wildman–Crippen MR) is 76.2 cm³/mol. The second-order valence-corrected chi connectivity index (χ2v) is 5.74. The summed E-state index contributed by atoms with van der Waals surface area (Å²) in [7, 11) is 1.79. The Morgan fingerprint density at radius 2 is 1.75 bits per heavy atom. The van der Waals surface area contributed by atoms with Crippen molar-refractivity contribution in [1.82, 2.24) is 4.90 Å². The Balaban J connectivity index is 1.97. The number of rotatable bonds is 4. The summed E-state index contributed by atoms with van der Waals surface area (Å²) in [4.78, 5) is 24.8. The van der Waals surface area contributed by atoms with Gasteiger partial charge in [-0.2, -0.15) is 0 Å². The number of hydrogen-bond acceptors (Lipinski definition) is 2. The van der Waals surface area contributed by atoms with Crippen LogP contribution in [0.15, 0.2) is 24.3 Å². The van der Waals surface area contributed by atoms with Crippen LogP contribution in [-0.2, 0) is 9.59 Å². The molecule has 0 saturated heterocycles. The lowest BCUT2D eigenvalue weighted by atomic mass is 9.74. The highest BCUT2D eigenvalue weighted by Crippen LogP contribution is 2.36. The van der Waals surface area contributed by atoms with Crippen LogP contribution in [-0.4, -0.2) is 28.9 Å². The van der Waals surface area contributed by atoms with Crippen molar-refractivity contribution >= 4 is 11.9 Å². The highest BCUT2D eigenvalue weighted by molar-refractivity contribution is 5.83. The van der Waals surface area contributed by atoms with Crippen molar-refractivity contribution in [2.24, 2.45) is 11.8 Å². The topological polar surface area (TPSA) is 57.6 Å². The van der Waals surface area contributed by atoms with Crippen LogP contribution in [0.5, 0.6) is 0 Å². The lowest BCUT2D eigenvalue weighted by Gasteiger charge is -2.36. The molecule has 0 aliphatic heterocycles. The molecule has 0 aromatic heterocycles. The van der Waals surface area contributed by atoms with Crippen molar-refractivity contribution in [1.29, 1.82) is 0 Å². The van der Waals surface area contributed by atoms with E-state index in [1.54, 1.807) is 11.9 Å². The fourth-order valence-corrected chi connectivity index (χ4v) is 2.57. The van der Waals surface area contributed by atoms with Gasteiger partial charge in [0.05, 0.1) is 12.0 Å². The molecule has 20 heavy (non-hydrogen) atoms. The third-order valence-electron chi connectivity index (χ3n) is 4.32. The predicted octanol–water partition coefficient (Wildman–Crippen LogP) is 2.63. The van der Waals surface area contributed by atoms with Crippen molar-refractivity contribution < 1.29 is 14.7 Å². The first-order valence-electron chi connectivity index (χ1n) is 6.96. The van der Waals surface area contributed by atoms with Gasteiger partial charge < -0.3 is 10.0 Å². The van der Waals surface area contributed by atoms with E-state index >= 15 is 0 Å². The van der Waals surface area contributed by atoms with E-state index < -0.39 is 5.97 Å². The maximum Gasteiger partial charge on any atom is 0.306 e. The van der Waals surface area contributed by atoms with E-state index in [4.69, 9.17) is 5.11 Å². The summed E-state index contributed by atoms with van der Waals surface area (Å²) >= 11 is 0. The molecule has 1 unspecified atom stereocenters. The Kier molecular flexibility index (Phi) is 4.12. The van der Waals surface area contributed by atoms with E-state index in [1.165, 1.54) is 5.56 Å². The minimum absolute atomic E-state index is 0.00646. The van der Waals surface area contributed by atoms with Crippen LogP contribution in [0, 0.1) is 18.8 Å². The van der Waals surface area contributed by atoms with Gasteiger partial charge in [0, 0.05) is 13.0 Å². The van der Waals surface area contributed by atoms with Crippen LogP contribution in [0.1, 0.15) is 36.9 Å². The summed E-state index contributed by atoms with van der Waals surface area (Å²) in [5.41, 5.74) is 2.29. The van der Waals surface area contributed by atoms with Crippen molar-refractivity contribution in [3.8, 4) is 0 Å². The first kappa shape index (κ1) is 14.6. The first-order valence-corrected chi connectivity index (χ1v) is 6.96. The fraction of sp³-hybridized carbons (Fsp3) is 0.500. The molecule has 2 rings (SSSR count). The maximum absolute atomic E-state index is 12.3. The number of aryl methyl sites for hydroxylation is 1. The highest BCUT2D eigenvalue weighted by atomic mass is 16.4. The lowest BCUT2D eigenvalue weighted by molar-refractivity contribution is -0.151. The molecule has 0 bridgehead atoms. The molecule has 1 aromatic rings. The van der Waals surface area contributed by atoms with Crippen LogP contribution in [0.2, 0.25) is 0 Å². The second kappa shape index (κ2) is 5.65. The van der Waals surface area contributed by atoms with Gasteiger partial charge in [0.2, 0.25) is 5.91 Å². The molecule has 1 aliphatic rings. The highest BCUT2D eigenvalue weighted by Gasteiger charge is 2.40. The van der Waals surface area contributed by atoms with Gasteiger partial charge >= 0.3 is 5.97 Å². The number of benzene rings is 1. The number of nitrogens with zero attached hydrogens (tertiary/aromatic N) is 1. The van der Waals surface area contributed by atoms with Crippen molar-refractivity contribution in [3.05, 3.63) is 35.4 Å². The number of carboxylic acids is 1. The second-order valence-electron chi connectivity index (χ2n) is 5.74. The molecule has 1 atom stereocenters. The number of hydrogen-bond donors (Lipinski definition) is 1. The van der Waals surface area contributed by atoms with E-state index in [9.17, 15) is 9.59 Å². The fourth-order valence-electron chi connectivity index (χ4n) is 2.57. The van der Waals surface area contributed by atoms with Gasteiger partial charge in [0.1, 0.15) is 0 Å². The molecule has 1 aromatic carbocycles. The van der Waals surface area contributed by atoms with Crippen molar-refractivity contribution in [2.75, 3.05) is 7.05 Å². The van der Waals surface area contributed by atoms with Gasteiger partial charge in [0.25, 0.3) is 0 Å². The van der Waals surface area contributed by atoms with Crippen molar-refractivity contribution in [2.45, 2.75) is 32.7 Å². The molecule has 0 heterocycles. The SMILES string of the molecule is Cc1ccc(C(C)N(C)C(=O)C2CC(C(=O)O)C2)cc1.